The van der Waals surface area contributed by atoms with E-state index in [1.165, 1.54) is 10.8 Å². The zero-order valence-electron chi connectivity index (χ0n) is 20.2. The SMILES string of the molecule is C/C(=C\[C@H](C)[C@@](C)(C(=O)O)[Si](C)(C)C)[Si@](C)(COCc1ccccc1)C(C)(C)C. The van der Waals surface area contributed by atoms with Crippen molar-refractivity contribution in [3.8, 4) is 0 Å². The summed E-state index contributed by atoms with van der Waals surface area (Å²) in [5, 5.41) is 10.8. The van der Waals surface area contributed by atoms with E-state index in [0.717, 1.165) is 6.23 Å². The standard InChI is InChI=1S/C24H42O3Si2/c1-19(24(6,22(25)26)28(7,8)9)16-20(2)29(10,23(3,4)5)18-27-17-21-14-12-11-13-15-21/h11-16,19H,17-18H2,1-10H3,(H,25,26)/b20-16+/t19-,24-,29-/m0/s1. The van der Waals surface area contributed by atoms with Crippen LogP contribution >= 0.6 is 0 Å². The predicted octanol–water partition coefficient (Wildman–Crippen LogP) is 6.93. The molecule has 1 N–H and O–H groups in total. The van der Waals surface area contributed by atoms with Crippen molar-refractivity contribution in [1.82, 2.24) is 0 Å². The van der Waals surface area contributed by atoms with Gasteiger partial charge >= 0.3 is 5.97 Å². The first-order valence-corrected chi connectivity index (χ1v) is 16.8. The minimum Gasteiger partial charge on any atom is -0.481 e. The van der Waals surface area contributed by atoms with Crippen molar-refractivity contribution < 1.29 is 14.6 Å². The molecule has 0 fully saturated rings. The highest BCUT2D eigenvalue weighted by Gasteiger charge is 2.50. The monoisotopic (exact) mass is 434 g/mol. The molecule has 0 aliphatic heterocycles. The molecule has 1 aromatic rings. The van der Waals surface area contributed by atoms with Crippen LogP contribution in [0.4, 0.5) is 0 Å². The topological polar surface area (TPSA) is 46.5 Å². The molecule has 1 aromatic carbocycles. The van der Waals surface area contributed by atoms with Crippen LogP contribution < -0.4 is 0 Å². The van der Waals surface area contributed by atoms with Gasteiger partial charge in [-0.25, -0.2) is 0 Å². The summed E-state index contributed by atoms with van der Waals surface area (Å²) in [6.45, 7) is 22.6. The van der Waals surface area contributed by atoms with E-state index in [9.17, 15) is 9.90 Å². The Bertz CT molecular complexity index is 716. The Morgan fingerprint density at radius 1 is 1.10 bits per heavy atom. The van der Waals surface area contributed by atoms with E-state index < -0.39 is 27.2 Å². The third-order valence-electron chi connectivity index (χ3n) is 7.44. The third-order valence-corrected chi connectivity index (χ3v) is 17.2. The van der Waals surface area contributed by atoms with E-state index in [0.29, 0.717) is 6.61 Å². The fraction of sp³-hybridized carbons (Fsp3) is 0.625. The number of allylic oxidation sites excluding steroid dienone is 2. The molecule has 0 heterocycles. The van der Waals surface area contributed by atoms with Crippen LogP contribution in [-0.4, -0.2) is 33.5 Å². The quantitative estimate of drug-likeness (QED) is 0.429. The lowest BCUT2D eigenvalue weighted by Gasteiger charge is -2.44. The molecule has 0 amide bonds. The summed E-state index contributed by atoms with van der Waals surface area (Å²) in [6.07, 6.45) is 2.99. The fourth-order valence-corrected chi connectivity index (χ4v) is 8.86. The number of benzene rings is 1. The van der Waals surface area contributed by atoms with Gasteiger partial charge in [0.25, 0.3) is 0 Å². The zero-order chi connectivity index (χ0) is 22.7. The summed E-state index contributed by atoms with van der Waals surface area (Å²) in [7, 11) is -3.92. The van der Waals surface area contributed by atoms with Gasteiger partial charge in [-0.3, -0.25) is 4.79 Å². The van der Waals surface area contributed by atoms with Crippen molar-refractivity contribution in [2.45, 2.75) is 84.4 Å². The molecule has 0 bridgehead atoms. The summed E-state index contributed by atoms with van der Waals surface area (Å²) in [5.41, 5.74) is 1.19. The number of rotatable bonds is 9. The number of carboxylic acids is 1. The largest absolute Gasteiger partial charge is 0.481 e. The average molecular weight is 435 g/mol. The number of hydrogen-bond acceptors (Lipinski definition) is 2. The first-order valence-electron chi connectivity index (χ1n) is 10.6. The smallest absolute Gasteiger partial charge is 0.307 e. The predicted molar refractivity (Wildman–Crippen MR) is 130 cm³/mol. The Kier molecular flexibility index (Phi) is 8.31. The van der Waals surface area contributed by atoms with E-state index in [1.54, 1.807) is 0 Å². The highest BCUT2D eigenvalue weighted by Crippen LogP contribution is 2.48. The highest BCUT2D eigenvalue weighted by atomic mass is 28.3. The Morgan fingerprint density at radius 3 is 2.03 bits per heavy atom. The second-order valence-electron chi connectivity index (χ2n) is 11.0. The summed E-state index contributed by atoms with van der Waals surface area (Å²) >= 11 is 0. The van der Waals surface area contributed by atoms with Gasteiger partial charge < -0.3 is 9.84 Å². The van der Waals surface area contributed by atoms with Crippen molar-refractivity contribution in [3.05, 3.63) is 47.2 Å². The molecule has 0 aromatic heterocycles. The Labute approximate surface area is 180 Å². The molecule has 3 nitrogen and oxygen atoms in total. The van der Waals surface area contributed by atoms with Crippen LogP contribution in [0, 0.1) is 5.92 Å². The second kappa shape index (κ2) is 9.31. The third kappa shape index (κ3) is 5.71. The van der Waals surface area contributed by atoms with Crippen LogP contribution in [0.5, 0.6) is 0 Å². The highest BCUT2D eigenvalue weighted by molar-refractivity contribution is 6.87. The molecule has 1 rings (SSSR count). The Balaban J connectivity index is 3.17. The van der Waals surface area contributed by atoms with Crippen LogP contribution in [0.15, 0.2) is 41.6 Å². The molecule has 0 saturated heterocycles. The van der Waals surface area contributed by atoms with Gasteiger partial charge in [-0.15, -0.1) is 0 Å². The number of hydrogen-bond donors (Lipinski definition) is 1. The number of carbonyl (C=O) groups is 1. The van der Waals surface area contributed by atoms with Gasteiger partial charge in [0.05, 0.1) is 19.7 Å². The Morgan fingerprint density at radius 2 is 1.62 bits per heavy atom. The fourth-order valence-electron chi connectivity index (χ4n) is 3.79. The number of aliphatic carboxylic acids is 1. The molecule has 0 spiro atoms. The summed E-state index contributed by atoms with van der Waals surface area (Å²) in [5.74, 6) is -0.692. The number of carboxylic acid groups (broad SMARTS) is 1. The van der Waals surface area contributed by atoms with Crippen LogP contribution in [0.3, 0.4) is 0 Å². The van der Waals surface area contributed by atoms with E-state index in [2.05, 4.69) is 79.0 Å². The van der Waals surface area contributed by atoms with Crippen LogP contribution in [0.25, 0.3) is 0 Å². The van der Waals surface area contributed by atoms with Crippen LogP contribution in [0.2, 0.25) is 36.3 Å². The van der Waals surface area contributed by atoms with Gasteiger partial charge in [0.15, 0.2) is 0 Å². The minimum atomic E-state index is -1.98. The maximum absolute atomic E-state index is 12.3. The van der Waals surface area contributed by atoms with Crippen molar-refractivity contribution in [3.63, 3.8) is 0 Å². The van der Waals surface area contributed by atoms with Crippen molar-refractivity contribution in [2.24, 2.45) is 5.92 Å². The maximum Gasteiger partial charge on any atom is 0.307 e. The Hall–Kier alpha value is -1.18. The lowest BCUT2D eigenvalue weighted by atomic mass is 9.94. The van der Waals surface area contributed by atoms with E-state index in [-0.39, 0.29) is 11.0 Å². The van der Waals surface area contributed by atoms with Crippen molar-refractivity contribution >= 4 is 22.1 Å². The molecule has 29 heavy (non-hydrogen) atoms. The summed E-state index contributed by atoms with van der Waals surface area (Å²) in [6, 6.07) is 10.3. The molecule has 0 radical (unpaired) electrons. The molecule has 3 atom stereocenters. The minimum absolute atomic E-state index is 0.0186. The molecule has 0 saturated carbocycles. The molecular weight excluding hydrogens is 392 g/mol. The van der Waals surface area contributed by atoms with Gasteiger partial charge in [0.2, 0.25) is 0 Å². The first-order chi connectivity index (χ1) is 13.1. The first kappa shape index (κ1) is 25.9. The normalized spacial score (nSPS) is 18.6. The van der Waals surface area contributed by atoms with E-state index in [4.69, 9.17) is 4.74 Å². The maximum atomic E-state index is 12.3. The van der Waals surface area contributed by atoms with E-state index in [1.807, 2.05) is 25.1 Å². The van der Waals surface area contributed by atoms with Gasteiger partial charge in [-0.2, -0.15) is 0 Å². The lowest BCUT2D eigenvalue weighted by Crippen LogP contribution is -2.49. The van der Waals surface area contributed by atoms with Gasteiger partial charge in [-0.05, 0) is 23.4 Å². The summed E-state index contributed by atoms with van der Waals surface area (Å²) < 4.78 is 6.23. The molecule has 0 unspecified atom stereocenters. The van der Waals surface area contributed by atoms with Crippen LogP contribution in [-0.2, 0) is 16.1 Å². The number of ether oxygens (including phenoxy) is 1. The molecule has 0 aliphatic rings. The average Bonchev–Trinajstić information content (AvgIpc) is 2.59. The van der Waals surface area contributed by atoms with Gasteiger partial charge in [-0.1, -0.05) is 102 Å². The zero-order valence-corrected chi connectivity index (χ0v) is 22.2. The summed E-state index contributed by atoms with van der Waals surface area (Å²) in [4.78, 5) is 12.3. The van der Waals surface area contributed by atoms with Gasteiger partial charge in [0.1, 0.15) is 8.07 Å². The van der Waals surface area contributed by atoms with E-state index >= 15 is 0 Å². The molecule has 0 aliphatic carbocycles. The van der Waals surface area contributed by atoms with Gasteiger partial charge in [0, 0.05) is 6.23 Å². The van der Waals surface area contributed by atoms with Crippen molar-refractivity contribution in [2.75, 3.05) is 6.23 Å². The molecule has 5 heteroatoms. The molecular formula is C24H42O3Si2. The molecule has 164 valence electrons. The lowest BCUT2D eigenvalue weighted by molar-refractivity contribution is -0.141. The second-order valence-corrected chi connectivity index (χ2v) is 21.7. The van der Waals surface area contributed by atoms with Crippen LogP contribution in [0.1, 0.15) is 47.1 Å². The van der Waals surface area contributed by atoms with Crippen molar-refractivity contribution in [1.29, 1.82) is 0 Å².